The van der Waals surface area contributed by atoms with E-state index in [0.717, 1.165) is 6.07 Å². The lowest BCUT2D eigenvalue weighted by Gasteiger charge is -2.10. The molecule has 0 unspecified atom stereocenters. The molecule has 0 saturated carbocycles. The van der Waals surface area contributed by atoms with Gasteiger partial charge >= 0.3 is 6.18 Å². The van der Waals surface area contributed by atoms with Crippen LogP contribution in [-0.2, 0) is 12.7 Å². The van der Waals surface area contributed by atoms with Gasteiger partial charge in [0, 0.05) is 5.02 Å². The van der Waals surface area contributed by atoms with E-state index in [-0.39, 0.29) is 27.9 Å². The number of carbonyl (C=O) groups excluding carboxylic acids is 1. The number of benzene rings is 1. The van der Waals surface area contributed by atoms with E-state index >= 15 is 0 Å². The molecule has 4 heterocycles. The molecule has 1 amide bonds. The van der Waals surface area contributed by atoms with Crippen molar-refractivity contribution < 1.29 is 22.4 Å². The van der Waals surface area contributed by atoms with Crippen LogP contribution in [0.25, 0.3) is 16.2 Å². The second-order valence-corrected chi connectivity index (χ2v) is 10.0. The minimum Gasteiger partial charge on any atom is -0.317 e. The Bertz CT molecular complexity index is 1690. The standard InChI is InChI=1S/C24H16Cl2F4N6OS/c1-11-20(12(2)35(33-11)10-13-5-6-14(27)8-15(13)25)32-23(37)21-19(26)22-31-16(17-4-3-7-38-17)9-18(24(28,29)30)36(22)34-21/h3-9H,10H2,1-2H3,(H,32,37). The predicted molar refractivity (Wildman–Crippen MR) is 136 cm³/mol. The van der Waals surface area contributed by atoms with Crippen LogP contribution in [0, 0.1) is 19.7 Å². The molecule has 0 bridgehead atoms. The van der Waals surface area contributed by atoms with Crippen LogP contribution in [0.2, 0.25) is 10.0 Å². The molecule has 0 atom stereocenters. The molecule has 14 heteroatoms. The zero-order valence-corrected chi connectivity index (χ0v) is 21.9. The van der Waals surface area contributed by atoms with Gasteiger partial charge in [-0.2, -0.15) is 23.4 Å². The van der Waals surface area contributed by atoms with E-state index in [1.54, 1.807) is 36.0 Å². The molecule has 38 heavy (non-hydrogen) atoms. The quantitative estimate of drug-likeness (QED) is 0.225. The summed E-state index contributed by atoms with van der Waals surface area (Å²) in [6, 6.07) is 8.16. The van der Waals surface area contributed by atoms with Gasteiger partial charge in [0.1, 0.15) is 10.8 Å². The fourth-order valence-electron chi connectivity index (χ4n) is 3.90. The van der Waals surface area contributed by atoms with E-state index in [1.165, 1.54) is 29.5 Å². The van der Waals surface area contributed by atoms with E-state index in [1.807, 2.05) is 0 Å². The third-order valence-electron chi connectivity index (χ3n) is 5.77. The molecule has 196 valence electrons. The monoisotopic (exact) mass is 582 g/mol. The van der Waals surface area contributed by atoms with Crippen LogP contribution in [0.3, 0.4) is 0 Å². The minimum absolute atomic E-state index is 0.0565. The van der Waals surface area contributed by atoms with E-state index in [2.05, 4.69) is 20.5 Å². The Balaban J connectivity index is 1.51. The maximum atomic E-state index is 13.9. The van der Waals surface area contributed by atoms with E-state index in [0.29, 0.717) is 32.0 Å². The number of halogens is 6. The molecule has 0 aliphatic carbocycles. The van der Waals surface area contributed by atoms with Crippen molar-refractivity contribution in [3.8, 4) is 10.6 Å². The molecular weight excluding hydrogens is 567 g/mol. The highest BCUT2D eigenvalue weighted by molar-refractivity contribution is 7.13. The summed E-state index contributed by atoms with van der Waals surface area (Å²) in [5, 5.41) is 12.5. The highest BCUT2D eigenvalue weighted by atomic mass is 35.5. The molecule has 5 rings (SSSR count). The van der Waals surface area contributed by atoms with Gasteiger partial charge in [-0.15, -0.1) is 11.3 Å². The minimum atomic E-state index is -4.79. The summed E-state index contributed by atoms with van der Waals surface area (Å²) >= 11 is 13.7. The molecule has 4 aromatic heterocycles. The third kappa shape index (κ3) is 4.74. The number of aryl methyl sites for hydroxylation is 1. The number of fused-ring (bicyclic) bond motifs is 1. The lowest BCUT2D eigenvalue weighted by Crippen LogP contribution is -2.16. The topological polar surface area (TPSA) is 77.1 Å². The number of nitrogens with zero attached hydrogens (tertiary/aromatic N) is 5. The molecule has 0 aliphatic heterocycles. The number of nitrogens with one attached hydrogen (secondary N) is 1. The maximum absolute atomic E-state index is 13.9. The molecule has 5 aromatic rings. The number of hydrogen-bond donors (Lipinski definition) is 1. The summed E-state index contributed by atoms with van der Waals surface area (Å²) in [6.45, 7) is 3.53. The smallest absolute Gasteiger partial charge is 0.317 e. The highest BCUT2D eigenvalue weighted by Crippen LogP contribution is 2.36. The molecular formula is C24H16Cl2F4N6OS. The van der Waals surface area contributed by atoms with Gasteiger partial charge in [-0.25, -0.2) is 13.9 Å². The van der Waals surface area contributed by atoms with Crippen molar-refractivity contribution >= 4 is 51.8 Å². The number of hydrogen-bond acceptors (Lipinski definition) is 5. The van der Waals surface area contributed by atoms with Crippen LogP contribution in [0.15, 0.2) is 41.8 Å². The molecule has 0 radical (unpaired) electrons. The van der Waals surface area contributed by atoms with Crippen molar-refractivity contribution in [3.05, 3.63) is 86.0 Å². The second kappa shape index (κ2) is 9.68. The Morgan fingerprint density at radius 1 is 1.13 bits per heavy atom. The van der Waals surface area contributed by atoms with E-state index < -0.39 is 29.3 Å². The van der Waals surface area contributed by atoms with Gasteiger partial charge in [0.2, 0.25) is 0 Å². The molecule has 0 spiro atoms. The number of thiophene rings is 1. The summed E-state index contributed by atoms with van der Waals surface area (Å²) in [6.07, 6.45) is -4.79. The Hall–Kier alpha value is -3.48. The van der Waals surface area contributed by atoms with Crippen LogP contribution in [0.1, 0.15) is 33.1 Å². The lowest BCUT2D eigenvalue weighted by atomic mass is 10.2. The van der Waals surface area contributed by atoms with Gasteiger partial charge in [-0.05, 0) is 49.1 Å². The van der Waals surface area contributed by atoms with Gasteiger partial charge < -0.3 is 5.32 Å². The number of rotatable bonds is 5. The van der Waals surface area contributed by atoms with Gasteiger partial charge in [0.15, 0.2) is 17.0 Å². The van der Waals surface area contributed by atoms with Crippen LogP contribution < -0.4 is 5.32 Å². The molecule has 1 N–H and O–H groups in total. The summed E-state index contributed by atoms with van der Waals surface area (Å²) in [4.78, 5) is 17.9. The number of alkyl halides is 3. The van der Waals surface area contributed by atoms with E-state index in [9.17, 15) is 22.4 Å². The molecule has 7 nitrogen and oxygen atoms in total. The largest absolute Gasteiger partial charge is 0.433 e. The van der Waals surface area contributed by atoms with Crippen molar-refractivity contribution in [1.82, 2.24) is 24.4 Å². The van der Waals surface area contributed by atoms with Crippen molar-refractivity contribution in [2.24, 2.45) is 0 Å². The fourth-order valence-corrected chi connectivity index (χ4v) is 5.06. The molecule has 0 saturated heterocycles. The SMILES string of the molecule is Cc1nn(Cc2ccc(F)cc2Cl)c(C)c1NC(=O)c1nn2c(C(F)(F)F)cc(-c3cccs3)nc2c1Cl. The van der Waals surface area contributed by atoms with Gasteiger partial charge in [0.05, 0.1) is 34.2 Å². The average molecular weight is 583 g/mol. The van der Waals surface area contributed by atoms with Gasteiger partial charge in [-0.1, -0.05) is 35.3 Å². The number of aromatic nitrogens is 5. The van der Waals surface area contributed by atoms with Crippen molar-refractivity contribution in [1.29, 1.82) is 0 Å². The van der Waals surface area contributed by atoms with E-state index in [4.69, 9.17) is 23.2 Å². The summed E-state index contributed by atoms with van der Waals surface area (Å²) in [5.74, 6) is -1.31. The van der Waals surface area contributed by atoms with Crippen molar-refractivity contribution in [2.75, 3.05) is 5.32 Å². The summed E-state index contributed by atoms with van der Waals surface area (Å²) < 4.78 is 57.2. The third-order valence-corrected chi connectivity index (χ3v) is 7.36. The second-order valence-electron chi connectivity index (χ2n) is 8.29. The Kier molecular flexibility index (Phi) is 6.66. The fraction of sp³-hybridized carbons (Fsp3) is 0.167. The molecule has 0 fully saturated rings. The predicted octanol–water partition coefficient (Wildman–Crippen LogP) is 7.04. The first kappa shape index (κ1) is 26.1. The highest BCUT2D eigenvalue weighted by Gasteiger charge is 2.37. The van der Waals surface area contributed by atoms with Crippen molar-refractivity contribution in [3.63, 3.8) is 0 Å². The molecule has 1 aromatic carbocycles. The van der Waals surface area contributed by atoms with Crippen molar-refractivity contribution in [2.45, 2.75) is 26.6 Å². The summed E-state index contributed by atoms with van der Waals surface area (Å²) in [7, 11) is 0. The number of amides is 1. The lowest BCUT2D eigenvalue weighted by molar-refractivity contribution is -0.142. The van der Waals surface area contributed by atoms with Crippen LogP contribution in [-0.4, -0.2) is 30.3 Å². The zero-order valence-electron chi connectivity index (χ0n) is 19.6. The zero-order chi connectivity index (χ0) is 27.4. The van der Waals surface area contributed by atoms with Gasteiger partial charge in [-0.3, -0.25) is 9.48 Å². The Morgan fingerprint density at radius 3 is 2.55 bits per heavy atom. The normalized spacial score (nSPS) is 11.9. The van der Waals surface area contributed by atoms with Crippen LogP contribution in [0.5, 0.6) is 0 Å². The first-order valence-corrected chi connectivity index (χ1v) is 12.6. The Labute approximate surface area is 226 Å². The van der Waals surface area contributed by atoms with Crippen LogP contribution >= 0.6 is 34.5 Å². The number of anilines is 1. The maximum Gasteiger partial charge on any atom is 0.433 e. The van der Waals surface area contributed by atoms with Crippen LogP contribution in [0.4, 0.5) is 23.2 Å². The average Bonchev–Trinajstić information content (AvgIpc) is 3.56. The van der Waals surface area contributed by atoms with Gasteiger partial charge in [0.25, 0.3) is 5.91 Å². The first-order valence-electron chi connectivity index (χ1n) is 10.9. The molecule has 0 aliphatic rings. The first-order chi connectivity index (χ1) is 17.9. The summed E-state index contributed by atoms with van der Waals surface area (Å²) in [5.41, 5.74) is 0.0978. The Morgan fingerprint density at radius 2 is 1.89 bits per heavy atom. The number of carbonyl (C=O) groups is 1.